The number of rotatable bonds is 3. The molecule has 1 N–H and O–H groups in total. The average Bonchev–Trinajstić information content (AvgIpc) is 2.97. The highest BCUT2D eigenvalue weighted by atomic mass is 79.9. The number of nitrogens with one attached hydrogen (secondary N) is 1. The van der Waals surface area contributed by atoms with Gasteiger partial charge in [-0.15, -0.1) is 0 Å². The summed E-state index contributed by atoms with van der Waals surface area (Å²) >= 11 is 3.47. The molecule has 0 bridgehead atoms. The summed E-state index contributed by atoms with van der Waals surface area (Å²) < 4.78 is 7.45. The molecule has 0 atom stereocenters. The van der Waals surface area contributed by atoms with Crippen molar-refractivity contribution in [2.75, 3.05) is 13.1 Å². The fourth-order valence-electron chi connectivity index (χ4n) is 2.34. The van der Waals surface area contributed by atoms with Crippen LogP contribution in [0.1, 0.15) is 25.3 Å². The van der Waals surface area contributed by atoms with Gasteiger partial charge in [0, 0.05) is 17.6 Å². The van der Waals surface area contributed by atoms with Gasteiger partial charge in [0.2, 0.25) is 0 Å². The first kappa shape index (κ1) is 10.8. The molecule has 2 aliphatic rings. The smallest absolute Gasteiger partial charge is 0.0942 e. The predicted octanol–water partition coefficient (Wildman–Crippen LogP) is 2.82. The highest BCUT2D eigenvalue weighted by molar-refractivity contribution is 9.10. The number of benzene rings is 1. The summed E-state index contributed by atoms with van der Waals surface area (Å²) in [4.78, 5) is 0. The molecule has 16 heavy (non-hydrogen) atoms. The first-order chi connectivity index (χ1) is 7.62. The van der Waals surface area contributed by atoms with E-state index in [9.17, 15) is 0 Å². The Morgan fingerprint density at radius 3 is 2.25 bits per heavy atom. The Kier molecular flexibility index (Phi) is 2.39. The van der Waals surface area contributed by atoms with Crippen molar-refractivity contribution in [3.8, 4) is 0 Å². The molecule has 86 valence electrons. The fraction of sp³-hybridized carbons (Fsp3) is 0.538. The van der Waals surface area contributed by atoms with Gasteiger partial charge in [-0.3, -0.25) is 0 Å². The third-order valence-electron chi connectivity index (χ3n) is 3.51. The number of hydrogen-bond acceptors (Lipinski definition) is 2. The van der Waals surface area contributed by atoms with Crippen LogP contribution in [-0.2, 0) is 10.3 Å². The normalized spacial score (nSPS) is 24.9. The lowest BCUT2D eigenvalue weighted by Gasteiger charge is -2.42. The minimum Gasteiger partial charge on any atom is -0.361 e. The van der Waals surface area contributed by atoms with Gasteiger partial charge in [-0.25, -0.2) is 0 Å². The zero-order chi connectivity index (χ0) is 11.2. The number of hydrogen-bond donors (Lipinski definition) is 1. The minimum atomic E-state index is 0.0115. The van der Waals surface area contributed by atoms with Gasteiger partial charge >= 0.3 is 0 Å². The minimum absolute atomic E-state index is 0.0115. The van der Waals surface area contributed by atoms with Crippen LogP contribution in [0.15, 0.2) is 28.7 Å². The van der Waals surface area contributed by atoms with Crippen LogP contribution in [0.5, 0.6) is 0 Å². The summed E-state index contributed by atoms with van der Waals surface area (Å²) in [6.07, 6.45) is 2.31. The quantitative estimate of drug-likeness (QED) is 0.920. The van der Waals surface area contributed by atoms with E-state index in [1.54, 1.807) is 0 Å². The van der Waals surface area contributed by atoms with E-state index in [0.29, 0.717) is 0 Å². The Balaban J connectivity index is 1.80. The van der Waals surface area contributed by atoms with E-state index >= 15 is 0 Å². The van der Waals surface area contributed by atoms with E-state index in [1.165, 1.54) is 5.56 Å². The summed E-state index contributed by atoms with van der Waals surface area (Å²) in [5.74, 6) is 0. The third kappa shape index (κ3) is 1.81. The highest BCUT2D eigenvalue weighted by Gasteiger charge is 2.51. The van der Waals surface area contributed by atoms with Crippen LogP contribution in [0.3, 0.4) is 0 Å². The summed E-state index contributed by atoms with van der Waals surface area (Å²) in [6, 6.07) is 8.54. The Hall–Kier alpha value is -0.380. The molecule has 1 aromatic rings. The molecule has 1 saturated heterocycles. The zero-order valence-electron chi connectivity index (χ0n) is 9.42. The van der Waals surface area contributed by atoms with Crippen LogP contribution in [0.25, 0.3) is 0 Å². The van der Waals surface area contributed by atoms with Crippen LogP contribution in [0, 0.1) is 0 Å². The second-order valence-corrected chi connectivity index (χ2v) is 6.07. The van der Waals surface area contributed by atoms with Crippen LogP contribution in [0.2, 0.25) is 0 Å². The van der Waals surface area contributed by atoms with Gasteiger partial charge in [0.05, 0.1) is 11.2 Å². The van der Waals surface area contributed by atoms with Crippen LogP contribution < -0.4 is 5.32 Å². The predicted molar refractivity (Wildman–Crippen MR) is 67.4 cm³/mol. The second-order valence-electron chi connectivity index (χ2n) is 5.16. The molecular weight excluding hydrogens is 266 g/mol. The van der Waals surface area contributed by atoms with Gasteiger partial charge in [-0.1, -0.05) is 28.1 Å². The molecule has 3 rings (SSSR count). The summed E-state index contributed by atoms with van der Waals surface area (Å²) in [5, 5.41) is 3.28. The molecular formula is C13H16BrNO. The maximum atomic E-state index is 6.32. The first-order valence-corrected chi connectivity index (χ1v) is 6.58. The van der Waals surface area contributed by atoms with E-state index in [4.69, 9.17) is 4.74 Å². The third-order valence-corrected chi connectivity index (χ3v) is 4.04. The number of ether oxygens (including phenoxy) is 1. The van der Waals surface area contributed by atoms with Gasteiger partial charge < -0.3 is 10.1 Å². The highest BCUT2D eigenvalue weighted by Crippen LogP contribution is 2.52. The van der Waals surface area contributed by atoms with E-state index in [2.05, 4.69) is 52.4 Å². The molecule has 0 amide bonds. The van der Waals surface area contributed by atoms with E-state index in [0.717, 1.165) is 30.4 Å². The Bertz CT molecular complexity index is 393. The summed E-state index contributed by atoms with van der Waals surface area (Å²) in [7, 11) is 0. The lowest BCUT2D eigenvalue weighted by molar-refractivity contribution is -0.128. The molecule has 1 heterocycles. The van der Waals surface area contributed by atoms with Gasteiger partial charge in [0.1, 0.15) is 0 Å². The monoisotopic (exact) mass is 281 g/mol. The number of halogens is 1. The maximum absolute atomic E-state index is 6.32. The van der Waals surface area contributed by atoms with Gasteiger partial charge in [0.15, 0.2) is 0 Å². The average molecular weight is 282 g/mol. The van der Waals surface area contributed by atoms with Crippen molar-refractivity contribution < 1.29 is 4.74 Å². The molecule has 1 aliphatic carbocycles. The van der Waals surface area contributed by atoms with Crippen molar-refractivity contribution in [2.45, 2.75) is 31.0 Å². The van der Waals surface area contributed by atoms with Gasteiger partial charge in [0.25, 0.3) is 0 Å². The van der Waals surface area contributed by atoms with Gasteiger partial charge in [-0.05, 0) is 37.5 Å². The molecule has 3 heteroatoms. The van der Waals surface area contributed by atoms with Crippen molar-refractivity contribution in [1.29, 1.82) is 0 Å². The molecule has 1 aromatic carbocycles. The zero-order valence-corrected chi connectivity index (χ0v) is 11.0. The van der Waals surface area contributed by atoms with Gasteiger partial charge in [-0.2, -0.15) is 0 Å². The molecule has 1 saturated carbocycles. The first-order valence-electron chi connectivity index (χ1n) is 5.79. The Morgan fingerprint density at radius 1 is 1.19 bits per heavy atom. The summed E-state index contributed by atoms with van der Waals surface area (Å²) in [5.41, 5.74) is 1.38. The topological polar surface area (TPSA) is 21.3 Å². The van der Waals surface area contributed by atoms with Crippen LogP contribution >= 0.6 is 15.9 Å². The van der Waals surface area contributed by atoms with E-state index in [-0.39, 0.29) is 11.2 Å². The van der Waals surface area contributed by atoms with Crippen molar-refractivity contribution in [3.05, 3.63) is 34.3 Å². The largest absolute Gasteiger partial charge is 0.361 e. The molecule has 2 fully saturated rings. The fourth-order valence-corrected chi connectivity index (χ4v) is 2.60. The molecule has 0 radical (unpaired) electrons. The van der Waals surface area contributed by atoms with E-state index < -0.39 is 0 Å². The van der Waals surface area contributed by atoms with Crippen molar-refractivity contribution in [2.24, 2.45) is 0 Å². The molecule has 0 aromatic heterocycles. The van der Waals surface area contributed by atoms with Crippen LogP contribution in [0.4, 0.5) is 0 Å². The Morgan fingerprint density at radius 2 is 1.81 bits per heavy atom. The lowest BCUT2D eigenvalue weighted by Crippen LogP contribution is -2.60. The Labute approximate surface area is 105 Å². The van der Waals surface area contributed by atoms with Crippen molar-refractivity contribution in [1.82, 2.24) is 5.32 Å². The summed E-state index contributed by atoms with van der Waals surface area (Å²) in [6.45, 7) is 4.15. The molecule has 0 spiro atoms. The molecule has 2 nitrogen and oxygen atoms in total. The lowest BCUT2D eigenvalue weighted by atomic mass is 9.98. The molecule has 1 aliphatic heterocycles. The standard InChI is InChI=1S/C13H16BrNO/c1-12(8-15-9-12)16-13(6-7-13)10-2-4-11(14)5-3-10/h2-5,15H,6-9H2,1H3. The molecule has 0 unspecified atom stereocenters. The SMILES string of the molecule is CC1(OC2(c3ccc(Br)cc3)CC2)CNC1. The maximum Gasteiger partial charge on any atom is 0.0942 e. The van der Waals surface area contributed by atoms with Crippen LogP contribution in [-0.4, -0.2) is 18.7 Å². The second kappa shape index (κ2) is 3.56. The van der Waals surface area contributed by atoms with Crippen molar-refractivity contribution in [3.63, 3.8) is 0 Å². The van der Waals surface area contributed by atoms with E-state index in [1.807, 2.05) is 0 Å². The van der Waals surface area contributed by atoms with Crippen molar-refractivity contribution >= 4 is 15.9 Å².